The van der Waals surface area contributed by atoms with Gasteiger partial charge in [-0.05, 0) is 30.4 Å². The highest BCUT2D eigenvalue weighted by atomic mass is 16.7. The molecule has 1 aliphatic rings. The van der Waals surface area contributed by atoms with Crippen LogP contribution in [0.15, 0.2) is 60.7 Å². The van der Waals surface area contributed by atoms with Crippen LogP contribution in [0.25, 0.3) is 0 Å². The van der Waals surface area contributed by atoms with Crippen molar-refractivity contribution in [3.8, 4) is 6.07 Å². The Kier molecular flexibility index (Phi) is 9.33. The Labute approximate surface area is 179 Å². The van der Waals surface area contributed by atoms with Crippen molar-refractivity contribution in [1.82, 2.24) is 0 Å². The smallest absolute Gasteiger partial charge is 0.158 e. The minimum Gasteiger partial charge on any atom is -0.382 e. The summed E-state index contributed by atoms with van der Waals surface area (Å²) in [5, 5.41) is 9.30. The van der Waals surface area contributed by atoms with Crippen molar-refractivity contribution >= 4 is 0 Å². The van der Waals surface area contributed by atoms with Gasteiger partial charge < -0.3 is 18.9 Å². The van der Waals surface area contributed by atoms with E-state index in [0.717, 1.165) is 30.4 Å². The zero-order valence-corrected chi connectivity index (χ0v) is 17.6. The monoisotopic (exact) mass is 409 g/mol. The lowest BCUT2D eigenvalue weighted by molar-refractivity contribution is -0.195. The van der Waals surface area contributed by atoms with Crippen LogP contribution >= 0.6 is 0 Å². The maximum absolute atomic E-state index is 9.30. The van der Waals surface area contributed by atoms with E-state index in [0.29, 0.717) is 26.1 Å². The van der Waals surface area contributed by atoms with Crippen LogP contribution in [0.3, 0.4) is 0 Å². The molecule has 0 N–H and O–H groups in total. The van der Waals surface area contributed by atoms with Gasteiger partial charge in [-0.15, -0.1) is 0 Å². The number of methoxy groups -OCH3 is 1. The first-order chi connectivity index (χ1) is 14.8. The fourth-order valence-electron chi connectivity index (χ4n) is 3.77. The van der Waals surface area contributed by atoms with Gasteiger partial charge in [-0.25, -0.2) is 0 Å². The van der Waals surface area contributed by atoms with Gasteiger partial charge in [0.15, 0.2) is 6.29 Å². The number of rotatable bonds is 7. The predicted molar refractivity (Wildman–Crippen MR) is 115 cm³/mol. The van der Waals surface area contributed by atoms with Gasteiger partial charge in [0.2, 0.25) is 0 Å². The Morgan fingerprint density at radius 2 is 1.53 bits per heavy atom. The van der Waals surface area contributed by atoms with Crippen LogP contribution in [0.1, 0.15) is 55.4 Å². The normalized spacial score (nSPS) is 25.3. The third-order valence-corrected chi connectivity index (χ3v) is 5.32. The molecule has 0 unspecified atom stereocenters. The lowest BCUT2D eigenvalue weighted by Crippen LogP contribution is -2.27. The second-order valence-electron chi connectivity index (χ2n) is 7.51. The first-order valence-electron chi connectivity index (χ1n) is 10.7. The quantitative estimate of drug-likeness (QED) is 0.577. The Bertz CT molecular complexity index is 762. The molecule has 1 heterocycles. The molecule has 0 radical (unpaired) electrons. The SMILES string of the molecule is COCCO[C@H]1CCC[C@H](CC#N)O[C@H](c2ccccc2)C[C@@H](c2ccccc2)O1. The first-order valence-corrected chi connectivity index (χ1v) is 10.7. The van der Waals surface area contributed by atoms with Gasteiger partial charge in [0.05, 0.1) is 44.0 Å². The van der Waals surface area contributed by atoms with Crippen LogP contribution < -0.4 is 0 Å². The van der Waals surface area contributed by atoms with E-state index < -0.39 is 0 Å². The van der Waals surface area contributed by atoms with Gasteiger partial charge >= 0.3 is 0 Å². The molecule has 5 heteroatoms. The zero-order chi connectivity index (χ0) is 21.0. The number of nitrogens with zero attached hydrogens (tertiary/aromatic N) is 1. The van der Waals surface area contributed by atoms with Gasteiger partial charge in [0, 0.05) is 13.5 Å². The van der Waals surface area contributed by atoms with Gasteiger partial charge in [-0.3, -0.25) is 0 Å². The summed E-state index contributed by atoms with van der Waals surface area (Å²) in [7, 11) is 1.67. The minimum absolute atomic E-state index is 0.102. The zero-order valence-electron chi connectivity index (χ0n) is 17.6. The molecule has 1 fully saturated rings. The summed E-state index contributed by atoms with van der Waals surface area (Å²) in [5.41, 5.74) is 2.20. The molecule has 160 valence electrons. The maximum atomic E-state index is 9.30. The Morgan fingerprint density at radius 3 is 2.13 bits per heavy atom. The van der Waals surface area contributed by atoms with Crippen molar-refractivity contribution in [3.05, 3.63) is 71.8 Å². The topological polar surface area (TPSA) is 60.7 Å². The molecular formula is C25H31NO4. The van der Waals surface area contributed by atoms with Gasteiger partial charge in [-0.1, -0.05) is 60.7 Å². The van der Waals surface area contributed by atoms with E-state index in [1.807, 2.05) is 36.4 Å². The fourth-order valence-corrected chi connectivity index (χ4v) is 3.77. The third-order valence-electron chi connectivity index (χ3n) is 5.32. The van der Waals surface area contributed by atoms with E-state index in [1.165, 1.54) is 0 Å². The average molecular weight is 410 g/mol. The number of ether oxygens (including phenoxy) is 4. The molecule has 2 aromatic carbocycles. The summed E-state index contributed by atoms with van der Waals surface area (Å²) in [6.07, 6.45) is 2.71. The number of hydrogen-bond acceptors (Lipinski definition) is 5. The number of nitriles is 1. The van der Waals surface area contributed by atoms with Crippen molar-refractivity contribution < 1.29 is 18.9 Å². The lowest BCUT2D eigenvalue weighted by Gasteiger charge is -2.32. The van der Waals surface area contributed by atoms with Crippen LogP contribution in [-0.2, 0) is 18.9 Å². The second-order valence-corrected chi connectivity index (χ2v) is 7.51. The predicted octanol–water partition coefficient (Wildman–Crippen LogP) is 5.35. The van der Waals surface area contributed by atoms with Crippen molar-refractivity contribution in [2.24, 2.45) is 0 Å². The molecule has 0 saturated carbocycles. The summed E-state index contributed by atoms with van der Waals surface area (Å²) < 4.78 is 24.1. The van der Waals surface area contributed by atoms with Crippen LogP contribution in [0.2, 0.25) is 0 Å². The molecule has 0 aromatic heterocycles. The average Bonchev–Trinajstić information content (AvgIpc) is 2.79. The van der Waals surface area contributed by atoms with Crippen LogP contribution in [0.4, 0.5) is 0 Å². The van der Waals surface area contributed by atoms with E-state index in [9.17, 15) is 5.26 Å². The van der Waals surface area contributed by atoms with E-state index in [-0.39, 0.29) is 24.6 Å². The van der Waals surface area contributed by atoms with Crippen LogP contribution in [0, 0.1) is 11.3 Å². The molecule has 0 aliphatic carbocycles. The molecule has 30 heavy (non-hydrogen) atoms. The molecule has 0 amide bonds. The van der Waals surface area contributed by atoms with E-state index in [4.69, 9.17) is 18.9 Å². The Morgan fingerprint density at radius 1 is 0.900 bits per heavy atom. The molecule has 3 rings (SSSR count). The Balaban J connectivity index is 1.87. The molecule has 1 aliphatic heterocycles. The summed E-state index contributed by atoms with van der Waals surface area (Å²) in [5.74, 6) is 0. The lowest BCUT2D eigenvalue weighted by atomic mass is 9.97. The molecule has 4 atom stereocenters. The van der Waals surface area contributed by atoms with Crippen molar-refractivity contribution in [2.45, 2.75) is 56.7 Å². The largest absolute Gasteiger partial charge is 0.382 e. The van der Waals surface area contributed by atoms with Crippen LogP contribution in [0.5, 0.6) is 0 Å². The van der Waals surface area contributed by atoms with E-state index >= 15 is 0 Å². The summed E-state index contributed by atoms with van der Waals surface area (Å²) in [4.78, 5) is 0. The molecule has 0 spiro atoms. The van der Waals surface area contributed by atoms with E-state index in [1.54, 1.807) is 7.11 Å². The molecule has 5 nitrogen and oxygen atoms in total. The third kappa shape index (κ3) is 6.93. The molecule has 1 saturated heterocycles. The molecule has 0 bridgehead atoms. The molecular weight excluding hydrogens is 378 g/mol. The highest BCUT2D eigenvalue weighted by Gasteiger charge is 2.28. The fraction of sp³-hybridized carbons (Fsp3) is 0.480. The second kappa shape index (κ2) is 12.5. The van der Waals surface area contributed by atoms with Crippen molar-refractivity contribution in [2.75, 3.05) is 20.3 Å². The highest BCUT2D eigenvalue weighted by Crippen LogP contribution is 2.36. The van der Waals surface area contributed by atoms with Crippen molar-refractivity contribution in [3.63, 3.8) is 0 Å². The Hall–Kier alpha value is -2.23. The summed E-state index contributed by atoms with van der Waals surface area (Å²) in [6.45, 7) is 1.02. The van der Waals surface area contributed by atoms with Gasteiger partial charge in [0.25, 0.3) is 0 Å². The van der Waals surface area contributed by atoms with Gasteiger partial charge in [-0.2, -0.15) is 5.26 Å². The van der Waals surface area contributed by atoms with Crippen LogP contribution in [-0.4, -0.2) is 32.7 Å². The minimum atomic E-state index is -0.317. The number of benzene rings is 2. The first kappa shape index (κ1) is 22.5. The highest BCUT2D eigenvalue weighted by molar-refractivity contribution is 5.21. The van der Waals surface area contributed by atoms with Gasteiger partial charge in [0.1, 0.15) is 0 Å². The van der Waals surface area contributed by atoms with E-state index in [2.05, 4.69) is 30.3 Å². The number of hydrogen-bond donors (Lipinski definition) is 0. The van der Waals surface area contributed by atoms with Crippen molar-refractivity contribution in [1.29, 1.82) is 5.26 Å². The maximum Gasteiger partial charge on any atom is 0.158 e. The summed E-state index contributed by atoms with van der Waals surface area (Å²) >= 11 is 0. The summed E-state index contributed by atoms with van der Waals surface area (Å²) in [6, 6.07) is 22.7. The molecule has 2 aromatic rings. The standard InChI is InChI=1S/C25H31NO4/c1-27-17-18-28-25-14-8-13-22(15-16-26)29-23(20-9-4-2-5-10-20)19-24(30-25)21-11-6-3-7-12-21/h2-7,9-12,22-25H,8,13-15,17-19H2,1H3/t22-,23+,24+,25-/m1/s1.